The van der Waals surface area contributed by atoms with E-state index in [4.69, 9.17) is 19.9 Å². The molecule has 2 aliphatic rings. The smallest absolute Gasteiger partial charge is 0.657 e. The first-order chi connectivity index (χ1) is 24.7. The summed E-state index contributed by atoms with van der Waals surface area (Å²) in [5.74, 6) is 0. The monoisotopic (exact) mass is 722 g/mol. The van der Waals surface area contributed by atoms with Crippen LogP contribution >= 0.6 is 0 Å². The molecule has 8 bridgehead atoms. The van der Waals surface area contributed by atoms with Crippen molar-refractivity contribution in [3.05, 3.63) is 108 Å². The topological polar surface area (TPSA) is 78.0 Å². The SMILES string of the molecule is CCCCCCNc1ccc(-c2c3nc(cc4ccc([n-]4)c(-c4ccc(NCCCCCC)cc4)c4nc(cc5ccc2[n-]5)C=C4)C=C3)cc1.[Zn+2]. The van der Waals surface area contributed by atoms with Crippen LogP contribution in [0.4, 0.5) is 11.4 Å². The van der Waals surface area contributed by atoms with Crippen LogP contribution in [0.2, 0.25) is 0 Å². The maximum absolute atomic E-state index is 5.08. The van der Waals surface area contributed by atoms with E-state index in [1.165, 1.54) is 51.4 Å². The molecular formula is C44H46N6Zn. The number of hydrogen-bond donors (Lipinski definition) is 2. The van der Waals surface area contributed by atoms with Gasteiger partial charge in [0, 0.05) is 24.5 Å². The molecule has 0 saturated carbocycles. The minimum atomic E-state index is 0. The number of hydrogen-bond acceptors (Lipinski definition) is 4. The Bertz CT molecular complexity index is 1980. The van der Waals surface area contributed by atoms with Crippen molar-refractivity contribution in [2.75, 3.05) is 23.7 Å². The standard InChI is InChI=1S/C44H46N6.Zn/c1-3-5-7-9-27-45-33-15-11-31(12-16-33)43-39-23-19-35(47-39)29-37-21-25-41(49-37)44(32-13-17-34(18-14-32)46-28-10-8-6-4-2)42-26-22-38(50-42)30-36-20-24-40(43)48-36;/h11-26,29-30,45-46H,3-10,27-28H2,1-2H3;/q-2;+2. The summed E-state index contributed by atoms with van der Waals surface area (Å²) in [7, 11) is 0. The first-order valence-corrected chi connectivity index (χ1v) is 18.4. The maximum atomic E-state index is 5.08. The number of benzene rings is 2. The van der Waals surface area contributed by atoms with E-state index in [9.17, 15) is 0 Å². The van der Waals surface area contributed by atoms with Gasteiger partial charge in [-0.3, -0.25) is 0 Å². The number of aromatic nitrogens is 4. The van der Waals surface area contributed by atoms with E-state index in [0.29, 0.717) is 0 Å². The van der Waals surface area contributed by atoms with Crippen LogP contribution in [0, 0.1) is 0 Å². The molecule has 7 heteroatoms. The third kappa shape index (κ3) is 8.96. The van der Waals surface area contributed by atoms with E-state index in [1.807, 2.05) is 12.1 Å². The molecule has 5 aromatic rings. The van der Waals surface area contributed by atoms with Crippen LogP contribution in [0.1, 0.15) is 88.0 Å². The largest absolute Gasteiger partial charge is 2.00 e. The van der Waals surface area contributed by atoms with E-state index in [2.05, 4.69) is 122 Å². The Hall–Kier alpha value is -4.74. The molecule has 3 aromatic heterocycles. The molecule has 2 N–H and O–H groups in total. The molecule has 51 heavy (non-hydrogen) atoms. The second-order valence-electron chi connectivity index (χ2n) is 13.2. The Labute approximate surface area is 314 Å². The minimum Gasteiger partial charge on any atom is -0.657 e. The van der Waals surface area contributed by atoms with E-state index >= 15 is 0 Å². The summed E-state index contributed by atoms with van der Waals surface area (Å²) < 4.78 is 0. The quantitative estimate of drug-likeness (QED) is 0.0859. The van der Waals surface area contributed by atoms with Gasteiger partial charge in [-0.2, -0.15) is 0 Å². The number of nitrogens with one attached hydrogen (secondary N) is 2. The molecule has 2 aromatic carbocycles. The second-order valence-corrected chi connectivity index (χ2v) is 13.2. The van der Waals surface area contributed by atoms with Crippen LogP contribution < -0.4 is 20.6 Å². The van der Waals surface area contributed by atoms with Crippen LogP contribution in [-0.4, -0.2) is 23.1 Å². The molecule has 6 nitrogen and oxygen atoms in total. The van der Waals surface area contributed by atoms with Gasteiger partial charge in [0.15, 0.2) is 0 Å². The van der Waals surface area contributed by atoms with E-state index in [-0.39, 0.29) is 19.5 Å². The number of fused-ring (bicyclic) bond motifs is 8. The minimum absolute atomic E-state index is 0. The fourth-order valence-electron chi connectivity index (χ4n) is 6.63. The van der Waals surface area contributed by atoms with Gasteiger partial charge in [0.05, 0.1) is 22.8 Å². The number of rotatable bonds is 14. The molecule has 0 fully saturated rings. The Morgan fingerprint density at radius 1 is 0.490 bits per heavy atom. The summed E-state index contributed by atoms with van der Waals surface area (Å²) in [5, 5.41) is 7.15. The summed E-state index contributed by atoms with van der Waals surface area (Å²) >= 11 is 0. The number of nitrogens with zero attached hydrogens (tertiary/aromatic N) is 4. The molecule has 254 valence electrons. The van der Waals surface area contributed by atoms with Gasteiger partial charge in [-0.1, -0.05) is 113 Å². The van der Waals surface area contributed by atoms with Gasteiger partial charge in [0.2, 0.25) is 0 Å². The van der Waals surface area contributed by atoms with Crippen molar-refractivity contribution >= 4 is 57.7 Å². The normalized spacial score (nSPS) is 11.8. The summed E-state index contributed by atoms with van der Waals surface area (Å²) in [6, 6.07) is 29.7. The predicted molar refractivity (Wildman–Crippen MR) is 213 cm³/mol. The number of unbranched alkanes of at least 4 members (excludes halogenated alkanes) is 6. The molecule has 2 aliphatic heterocycles. The average molecular weight is 724 g/mol. The van der Waals surface area contributed by atoms with Crippen LogP contribution in [0.5, 0.6) is 0 Å². The van der Waals surface area contributed by atoms with Crippen molar-refractivity contribution in [1.82, 2.24) is 19.9 Å². The third-order valence-electron chi connectivity index (χ3n) is 9.33. The number of anilines is 2. The molecule has 0 unspecified atom stereocenters. The first-order valence-electron chi connectivity index (χ1n) is 18.4. The fraction of sp³-hybridized carbons (Fsp3) is 0.273. The Morgan fingerprint density at radius 3 is 1.33 bits per heavy atom. The zero-order chi connectivity index (χ0) is 34.1. The van der Waals surface area contributed by atoms with Crippen molar-refractivity contribution in [2.45, 2.75) is 65.2 Å². The van der Waals surface area contributed by atoms with Gasteiger partial charge in [-0.05, 0) is 83.7 Å². The molecule has 0 saturated heterocycles. The molecule has 0 aliphatic carbocycles. The van der Waals surface area contributed by atoms with Crippen molar-refractivity contribution in [3.63, 3.8) is 0 Å². The molecule has 5 heterocycles. The van der Waals surface area contributed by atoms with Crippen molar-refractivity contribution in [1.29, 1.82) is 0 Å². The zero-order valence-corrected chi connectivity index (χ0v) is 32.9. The maximum Gasteiger partial charge on any atom is 2.00 e. The predicted octanol–water partition coefficient (Wildman–Crippen LogP) is 11.2. The van der Waals surface area contributed by atoms with Crippen molar-refractivity contribution in [3.8, 4) is 22.3 Å². The Morgan fingerprint density at radius 2 is 0.922 bits per heavy atom. The van der Waals surface area contributed by atoms with Gasteiger partial charge in [-0.25, -0.2) is 9.97 Å². The molecule has 0 spiro atoms. The van der Waals surface area contributed by atoms with Gasteiger partial charge in [-0.15, -0.1) is 22.1 Å². The van der Waals surface area contributed by atoms with Gasteiger partial charge in [0.1, 0.15) is 0 Å². The van der Waals surface area contributed by atoms with Crippen LogP contribution in [0.15, 0.2) is 84.9 Å². The molecule has 0 radical (unpaired) electrons. The molecule has 7 rings (SSSR count). The fourth-order valence-corrected chi connectivity index (χ4v) is 6.63. The zero-order valence-electron chi connectivity index (χ0n) is 30.0. The van der Waals surface area contributed by atoms with Crippen molar-refractivity contribution < 1.29 is 19.5 Å². The van der Waals surface area contributed by atoms with E-state index in [0.717, 1.165) is 91.6 Å². The molecule has 0 amide bonds. The molecule has 0 atom stereocenters. The summed E-state index contributed by atoms with van der Waals surface area (Å²) in [5.41, 5.74) is 13.4. The average Bonchev–Trinajstić information content (AvgIpc) is 3.97. The summed E-state index contributed by atoms with van der Waals surface area (Å²) in [6.07, 6.45) is 18.3. The first kappa shape index (κ1) is 36.1. The van der Waals surface area contributed by atoms with Gasteiger partial charge in [0.25, 0.3) is 0 Å². The Kier molecular flexibility index (Phi) is 12.3. The van der Waals surface area contributed by atoms with Crippen LogP contribution in [0.3, 0.4) is 0 Å². The second kappa shape index (κ2) is 17.5. The molecular weight excluding hydrogens is 678 g/mol. The summed E-state index contributed by atoms with van der Waals surface area (Å²) in [6.45, 7) is 6.46. The van der Waals surface area contributed by atoms with Gasteiger partial charge >= 0.3 is 19.5 Å². The van der Waals surface area contributed by atoms with Gasteiger partial charge < -0.3 is 20.6 Å². The van der Waals surface area contributed by atoms with Crippen LogP contribution in [-0.2, 0) is 19.5 Å². The van der Waals surface area contributed by atoms with E-state index in [1.54, 1.807) is 0 Å². The van der Waals surface area contributed by atoms with Crippen LogP contribution in [0.25, 0.3) is 68.6 Å². The summed E-state index contributed by atoms with van der Waals surface area (Å²) in [4.78, 5) is 20.3. The van der Waals surface area contributed by atoms with Crippen molar-refractivity contribution in [2.24, 2.45) is 0 Å². The van der Waals surface area contributed by atoms with E-state index < -0.39 is 0 Å². The Balaban J connectivity index is 0.00000448. The third-order valence-corrected chi connectivity index (χ3v) is 9.33.